The summed E-state index contributed by atoms with van der Waals surface area (Å²) in [6, 6.07) is 6.89. The lowest BCUT2D eigenvalue weighted by Gasteiger charge is -2.09. The van der Waals surface area contributed by atoms with Crippen molar-refractivity contribution in [1.29, 1.82) is 0 Å². The lowest BCUT2D eigenvalue weighted by Crippen LogP contribution is -2.26. The van der Waals surface area contributed by atoms with Gasteiger partial charge in [0.05, 0.1) is 17.6 Å². The van der Waals surface area contributed by atoms with Crippen molar-refractivity contribution >= 4 is 23.2 Å². The maximum Gasteiger partial charge on any atom is 0.308 e. The monoisotopic (exact) mass is 361 g/mol. The van der Waals surface area contributed by atoms with Gasteiger partial charge in [-0.05, 0) is 30.5 Å². The van der Waals surface area contributed by atoms with Crippen LogP contribution in [0.2, 0.25) is 0 Å². The van der Waals surface area contributed by atoms with Gasteiger partial charge in [-0.1, -0.05) is 6.07 Å². The summed E-state index contributed by atoms with van der Waals surface area (Å²) in [5.41, 5.74) is 0. The molecule has 0 aliphatic rings. The fourth-order valence-electron chi connectivity index (χ4n) is 1.98. The molecule has 0 aliphatic carbocycles. The quantitative estimate of drug-likeness (QED) is 0.645. The fourth-order valence-corrected chi connectivity index (χ4v) is 2.62. The molecule has 1 atom stereocenters. The van der Waals surface area contributed by atoms with Crippen molar-refractivity contribution in [3.8, 4) is 10.8 Å². The largest absolute Gasteiger partial charge is 0.459 e. The molecule has 1 amide bonds. The number of hydrogen-bond donors (Lipinski definition) is 1. The van der Waals surface area contributed by atoms with Crippen molar-refractivity contribution in [3.05, 3.63) is 47.6 Å². The van der Waals surface area contributed by atoms with Gasteiger partial charge < -0.3 is 18.9 Å². The van der Waals surface area contributed by atoms with Crippen LogP contribution in [0.1, 0.15) is 35.9 Å². The number of nitrogens with one attached hydrogen (secondary N) is 1. The predicted octanol–water partition coefficient (Wildman–Crippen LogP) is 2.82. The van der Waals surface area contributed by atoms with Gasteiger partial charge in [-0.3, -0.25) is 9.59 Å². The van der Waals surface area contributed by atoms with Gasteiger partial charge in [0.15, 0.2) is 11.9 Å². The van der Waals surface area contributed by atoms with Crippen LogP contribution in [0.5, 0.6) is 0 Å². The highest BCUT2D eigenvalue weighted by molar-refractivity contribution is 7.13. The summed E-state index contributed by atoms with van der Waals surface area (Å²) in [5, 5.41) is 12.3. The topological polar surface area (TPSA) is 107 Å². The second-order valence-electron chi connectivity index (χ2n) is 5.04. The Balaban J connectivity index is 1.45. The van der Waals surface area contributed by atoms with Crippen LogP contribution in [0.4, 0.5) is 0 Å². The molecule has 3 heterocycles. The molecule has 9 heteroatoms. The average molecular weight is 361 g/mol. The van der Waals surface area contributed by atoms with Crippen LogP contribution in [0.15, 0.2) is 44.7 Å². The van der Waals surface area contributed by atoms with Gasteiger partial charge in [0, 0.05) is 6.54 Å². The molecule has 0 aliphatic heterocycles. The van der Waals surface area contributed by atoms with Crippen molar-refractivity contribution in [3.63, 3.8) is 0 Å². The summed E-state index contributed by atoms with van der Waals surface area (Å²) in [6.07, 6.45) is 0.747. The molecular formula is C16H15N3O5S. The molecule has 130 valence electrons. The van der Waals surface area contributed by atoms with Gasteiger partial charge in [0.1, 0.15) is 0 Å². The SMILES string of the molecule is CC(OC(=O)CCNC(=O)c1ccco1)c1nnc(-c2cccs2)o1. The smallest absolute Gasteiger partial charge is 0.308 e. The van der Waals surface area contributed by atoms with E-state index in [0.29, 0.717) is 5.89 Å². The molecule has 3 aromatic heterocycles. The minimum atomic E-state index is -0.672. The van der Waals surface area contributed by atoms with Crippen LogP contribution in [0.3, 0.4) is 0 Å². The van der Waals surface area contributed by atoms with E-state index in [1.807, 2.05) is 17.5 Å². The number of esters is 1. The molecule has 0 aromatic carbocycles. The zero-order valence-electron chi connectivity index (χ0n) is 13.3. The van der Waals surface area contributed by atoms with Gasteiger partial charge in [0.25, 0.3) is 17.7 Å². The first-order chi connectivity index (χ1) is 12.1. The third-order valence-corrected chi connectivity index (χ3v) is 4.05. The van der Waals surface area contributed by atoms with Gasteiger partial charge in [-0.15, -0.1) is 21.5 Å². The van der Waals surface area contributed by atoms with Crippen LogP contribution in [-0.4, -0.2) is 28.6 Å². The van der Waals surface area contributed by atoms with E-state index >= 15 is 0 Å². The van der Waals surface area contributed by atoms with Crippen LogP contribution in [-0.2, 0) is 9.53 Å². The first-order valence-corrected chi connectivity index (χ1v) is 8.40. The number of carbonyl (C=O) groups is 2. The van der Waals surface area contributed by atoms with Gasteiger partial charge in [-0.25, -0.2) is 0 Å². The number of ether oxygens (including phenoxy) is 1. The van der Waals surface area contributed by atoms with E-state index in [4.69, 9.17) is 13.6 Å². The van der Waals surface area contributed by atoms with Crippen LogP contribution in [0.25, 0.3) is 10.8 Å². The molecule has 1 unspecified atom stereocenters. The van der Waals surface area contributed by atoms with E-state index in [1.165, 1.54) is 23.7 Å². The number of hydrogen-bond acceptors (Lipinski definition) is 8. The summed E-state index contributed by atoms with van der Waals surface area (Å²) in [7, 11) is 0. The highest BCUT2D eigenvalue weighted by Gasteiger charge is 2.19. The fraction of sp³-hybridized carbons (Fsp3) is 0.250. The van der Waals surface area contributed by atoms with Gasteiger partial charge in [0.2, 0.25) is 0 Å². The van der Waals surface area contributed by atoms with Crippen LogP contribution in [0, 0.1) is 0 Å². The third-order valence-electron chi connectivity index (χ3n) is 3.19. The van der Waals surface area contributed by atoms with E-state index in [-0.39, 0.29) is 30.5 Å². The maximum atomic E-state index is 11.8. The number of amides is 1. The van der Waals surface area contributed by atoms with E-state index < -0.39 is 12.1 Å². The molecule has 1 N–H and O–H groups in total. The maximum absolute atomic E-state index is 11.8. The number of rotatable bonds is 7. The Hall–Kier alpha value is -2.94. The zero-order chi connectivity index (χ0) is 17.6. The standard InChI is InChI=1S/C16H15N3O5S/c1-10(15-18-19-16(24-15)12-5-3-9-25-12)23-13(20)6-7-17-14(21)11-4-2-8-22-11/h2-5,8-10H,6-7H2,1H3,(H,17,21). The lowest BCUT2D eigenvalue weighted by atomic mass is 10.3. The molecule has 8 nitrogen and oxygen atoms in total. The van der Waals surface area contributed by atoms with Crippen molar-refractivity contribution in [2.24, 2.45) is 0 Å². The number of thiophene rings is 1. The Bertz CT molecular complexity index is 826. The second kappa shape index (κ2) is 7.75. The Morgan fingerprint density at radius 1 is 1.32 bits per heavy atom. The molecule has 3 rings (SSSR count). The lowest BCUT2D eigenvalue weighted by molar-refractivity contribution is -0.149. The minimum Gasteiger partial charge on any atom is -0.459 e. The van der Waals surface area contributed by atoms with Gasteiger partial charge in [-0.2, -0.15) is 0 Å². The molecule has 25 heavy (non-hydrogen) atoms. The number of furan rings is 1. The molecule has 0 radical (unpaired) electrons. The molecule has 0 saturated carbocycles. The van der Waals surface area contributed by atoms with Crippen LogP contribution >= 0.6 is 11.3 Å². The summed E-state index contributed by atoms with van der Waals surface area (Å²) in [4.78, 5) is 24.3. The zero-order valence-corrected chi connectivity index (χ0v) is 14.1. The highest BCUT2D eigenvalue weighted by atomic mass is 32.1. The first-order valence-electron chi connectivity index (χ1n) is 7.52. The van der Waals surface area contributed by atoms with Crippen molar-refractivity contribution < 1.29 is 23.2 Å². The molecule has 0 fully saturated rings. The van der Waals surface area contributed by atoms with E-state index in [1.54, 1.807) is 13.0 Å². The first kappa shape index (κ1) is 16.9. The molecule has 0 bridgehead atoms. The van der Waals surface area contributed by atoms with E-state index in [2.05, 4.69) is 15.5 Å². The highest BCUT2D eigenvalue weighted by Crippen LogP contribution is 2.25. The number of carbonyl (C=O) groups excluding carboxylic acids is 2. The second-order valence-corrected chi connectivity index (χ2v) is 5.99. The van der Waals surface area contributed by atoms with Crippen molar-refractivity contribution in [2.45, 2.75) is 19.4 Å². The van der Waals surface area contributed by atoms with Crippen molar-refractivity contribution in [2.75, 3.05) is 6.54 Å². The Morgan fingerprint density at radius 2 is 2.20 bits per heavy atom. The normalized spacial score (nSPS) is 11.9. The molecular weight excluding hydrogens is 346 g/mol. The molecule has 3 aromatic rings. The summed E-state index contributed by atoms with van der Waals surface area (Å²) < 4.78 is 15.7. The van der Waals surface area contributed by atoms with E-state index in [9.17, 15) is 9.59 Å². The average Bonchev–Trinajstić information content (AvgIpc) is 3.35. The van der Waals surface area contributed by atoms with Crippen LogP contribution < -0.4 is 5.32 Å². The van der Waals surface area contributed by atoms with Gasteiger partial charge >= 0.3 is 5.97 Å². The summed E-state index contributed by atoms with van der Waals surface area (Å²) in [5.74, 6) is -0.0739. The summed E-state index contributed by atoms with van der Waals surface area (Å²) in [6.45, 7) is 1.78. The Morgan fingerprint density at radius 3 is 2.92 bits per heavy atom. The molecule has 0 saturated heterocycles. The predicted molar refractivity (Wildman–Crippen MR) is 87.8 cm³/mol. The molecule has 0 spiro atoms. The third kappa shape index (κ3) is 4.32. The van der Waals surface area contributed by atoms with E-state index in [0.717, 1.165) is 4.88 Å². The minimum absolute atomic E-state index is 0.0166. The Kier molecular flexibility index (Phi) is 5.24. The Labute approximate surface area is 146 Å². The summed E-state index contributed by atoms with van der Waals surface area (Å²) >= 11 is 1.48. The number of nitrogens with zero attached hydrogens (tertiary/aromatic N) is 2. The van der Waals surface area contributed by atoms with Crippen molar-refractivity contribution in [1.82, 2.24) is 15.5 Å². The number of aromatic nitrogens is 2.